The predicted octanol–water partition coefficient (Wildman–Crippen LogP) is 2.08. The third-order valence-electron chi connectivity index (χ3n) is 4.95. The molecule has 1 aliphatic rings. The van der Waals surface area contributed by atoms with Gasteiger partial charge in [-0.3, -0.25) is 14.5 Å². The van der Waals surface area contributed by atoms with Crippen LogP contribution in [0.4, 0.5) is 0 Å². The lowest BCUT2D eigenvalue weighted by atomic mass is 10.1. The summed E-state index contributed by atoms with van der Waals surface area (Å²) < 4.78 is 5.19. The Morgan fingerprint density at radius 1 is 1.04 bits per heavy atom. The fraction of sp³-hybridized carbons (Fsp3) is 0.364. The number of carbonyl (C=O) groups excluding carboxylic acids is 2. The van der Waals surface area contributed by atoms with Gasteiger partial charge in [-0.2, -0.15) is 0 Å². The molecule has 6 heteroatoms. The van der Waals surface area contributed by atoms with E-state index in [1.165, 1.54) is 5.56 Å². The van der Waals surface area contributed by atoms with Crippen LogP contribution in [0.15, 0.2) is 48.5 Å². The summed E-state index contributed by atoms with van der Waals surface area (Å²) in [6.07, 6.45) is 0. The van der Waals surface area contributed by atoms with Gasteiger partial charge in [-0.05, 0) is 30.7 Å². The van der Waals surface area contributed by atoms with Crippen molar-refractivity contribution in [2.24, 2.45) is 0 Å². The fourth-order valence-electron chi connectivity index (χ4n) is 3.21. The van der Waals surface area contributed by atoms with Crippen molar-refractivity contribution in [2.45, 2.75) is 13.5 Å². The van der Waals surface area contributed by atoms with Crippen LogP contribution >= 0.6 is 0 Å². The van der Waals surface area contributed by atoms with Gasteiger partial charge in [0.05, 0.1) is 13.7 Å². The molecule has 0 radical (unpaired) electrons. The Labute approximate surface area is 166 Å². The number of benzene rings is 2. The van der Waals surface area contributed by atoms with Gasteiger partial charge in [0.2, 0.25) is 5.91 Å². The molecule has 28 heavy (non-hydrogen) atoms. The van der Waals surface area contributed by atoms with Gasteiger partial charge in [-0.1, -0.05) is 35.9 Å². The molecule has 1 aliphatic heterocycles. The second kappa shape index (κ2) is 9.37. The Balaban J connectivity index is 1.43. The van der Waals surface area contributed by atoms with Gasteiger partial charge in [0.1, 0.15) is 5.75 Å². The second-order valence-electron chi connectivity index (χ2n) is 7.06. The summed E-state index contributed by atoms with van der Waals surface area (Å²) in [6.45, 7) is 5.53. The number of carbonyl (C=O) groups is 2. The number of hydrogen-bond donors (Lipinski definition) is 1. The van der Waals surface area contributed by atoms with E-state index in [2.05, 4.69) is 10.2 Å². The zero-order chi connectivity index (χ0) is 19.9. The van der Waals surface area contributed by atoms with Crippen molar-refractivity contribution in [3.8, 4) is 5.75 Å². The summed E-state index contributed by atoms with van der Waals surface area (Å²) >= 11 is 0. The summed E-state index contributed by atoms with van der Waals surface area (Å²) in [5, 5.41) is 2.96. The van der Waals surface area contributed by atoms with E-state index in [4.69, 9.17) is 4.74 Å². The number of methoxy groups -OCH3 is 1. The number of nitrogens with one attached hydrogen (secondary N) is 1. The van der Waals surface area contributed by atoms with Crippen LogP contribution < -0.4 is 10.1 Å². The summed E-state index contributed by atoms with van der Waals surface area (Å²) in [7, 11) is 1.59. The summed E-state index contributed by atoms with van der Waals surface area (Å²) in [5.41, 5.74) is 2.92. The van der Waals surface area contributed by atoms with Crippen molar-refractivity contribution in [1.82, 2.24) is 15.1 Å². The molecule has 0 unspecified atom stereocenters. The molecule has 1 N–H and O–H groups in total. The van der Waals surface area contributed by atoms with Crippen LogP contribution in [-0.2, 0) is 11.3 Å². The normalized spacial score (nSPS) is 14.6. The first-order valence-corrected chi connectivity index (χ1v) is 9.53. The van der Waals surface area contributed by atoms with Gasteiger partial charge < -0.3 is 15.0 Å². The molecule has 2 aromatic carbocycles. The van der Waals surface area contributed by atoms with Crippen molar-refractivity contribution >= 4 is 11.8 Å². The maximum absolute atomic E-state index is 12.7. The quantitative estimate of drug-likeness (QED) is 0.832. The standard InChI is InChI=1S/C22H27N3O3/c1-17-6-8-18(9-7-17)15-23-21(26)16-24-10-12-25(13-11-24)22(27)19-4-3-5-20(14-19)28-2/h3-9,14H,10-13,15-16H2,1-2H3,(H,23,26). The third-order valence-corrected chi connectivity index (χ3v) is 4.95. The van der Waals surface area contributed by atoms with E-state index < -0.39 is 0 Å². The molecule has 0 atom stereocenters. The maximum Gasteiger partial charge on any atom is 0.254 e. The fourth-order valence-corrected chi connectivity index (χ4v) is 3.21. The molecular formula is C22H27N3O3. The van der Waals surface area contributed by atoms with E-state index in [-0.39, 0.29) is 11.8 Å². The zero-order valence-electron chi connectivity index (χ0n) is 16.5. The minimum atomic E-state index is 0.00220. The smallest absolute Gasteiger partial charge is 0.254 e. The van der Waals surface area contributed by atoms with Crippen LogP contribution in [0.5, 0.6) is 5.75 Å². The molecule has 1 fully saturated rings. The van der Waals surface area contributed by atoms with Crippen LogP contribution in [0.1, 0.15) is 21.5 Å². The average Bonchev–Trinajstić information content (AvgIpc) is 2.73. The molecule has 2 aromatic rings. The Morgan fingerprint density at radius 3 is 2.43 bits per heavy atom. The van der Waals surface area contributed by atoms with Crippen molar-refractivity contribution in [2.75, 3.05) is 39.8 Å². The largest absolute Gasteiger partial charge is 0.497 e. The monoisotopic (exact) mass is 381 g/mol. The molecule has 0 bridgehead atoms. The molecule has 1 saturated heterocycles. The molecule has 0 spiro atoms. The molecular weight excluding hydrogens is 354 g/mol. The first-order chi connectivity index (χ1) is 13.5. The number of ether oxygens (including phenoxy) is 1. The summed E-state index contributed by atoms with van der Waals surface area (Å²) in [4.78, 5) is 28.8. The highest BCUT2D eigenvalue weighted by atomic mass is 16.5. The molecule has 2 amide bonds. The lowest BCUT2D eigenvalue weighted by molar-refractivity contribution is -0.122. The van der Waals surface area contributed by atoms with E-state index in [0.717, 1.165) is 5.56 Å². The van der Waals surface area contributed by atoms with Gasteiger partial charge in [-0.25, -0.2) is 0 Å². The van der Waals surface area contributed by atoms with E-state index in [0.29, 0.717) is 50.6 Å². The predicted molar refractivity (Wildman–Crippen MR) is 108 cm³/mol. The van der Waals surface area contributed by atoms with Crippen LogP contribution in [0.3, 0.4) is 0 Å². The summed E-state index contributed by atoms with van der Waals surface area (Å²) in [6, 6.07) is 15.3. The van der Waals surface area contributed by atoms with Gasteiger partial charge in [-0.15, -0.1) is 0 Å². The number of hydrogen-bond acceptors (Lipinski definition) is 4. The molecule has 0 aliphatic carbocycles. The summed E-state index contributed by atoms with van der Waals surface area (Å²) in [5.74, 6) is 0.685. The zero-order valence-corrected chi connectivity index (χ0v) is 16.5. The topological polar surface area (TPSA) is 61.9 Å². The van der Waals surface area contributed by atoms with Gasteiger partial charge in [0, 0.05) is 38.3 Å². The second-order valence-corrected chi connectivity index (χ2v) is 7.06. The van der Waals surface area contributed by atoms with Gasteiger partial charge in [0.15, 0.2) is 0 Å². The highest BCUT2D eigenvalue weighted by Crippen LogP contribution is 2.15. The van der Waals surface area contributed by atoms with Crippen molar-refractivity contribution in [3.63, 3.8) is 0 Å². The lowest BCUT2D eigenvalue weighted by Crippen LogP contribution is -2.51. The van der Waals surface area contributed by atoms with Crippen LogP contribution in [0.25, 0.3) is 0 Å². The van der Waals surface area contributed by atoms with E-state index in [9.17, 15) is 9.59 Å². The van der Waals surface area contributed by atoms with Crippen LogP contribution in [0.2, 0.25) is 0 Å². The molecule has 148 valence electrons. The number of nitrogens with zero attached hydrogens (tertiary/aromatic N) is 2. The first kappa shape index (κ1) is 19.9. The molecule has 6 nitrogen and oxygen atoms in total. The van der Waals surface area contributed by atoms with Gasteiger partial charge >= 0.3 is 0 Å². The minimum absolute atomic E-state index is 0.00220. The molecule has 0 saturated carbocycles. The SMILES string of the molecule is COc1cccc(C(=O)N2CCN(CC(=O)NCc3ccc(C)cc3)CC2)c1. The van der Waals surface area contributed by atoms with E-state index in [1.807, 2.05) is 48.2 Å². The highest BCUT2D eigenvalue weighted by molar-refractivity contribution is 5.94. The minimum Gasteiger partial charge on any atom is -0.497 e. The van der Waals surface area contributed by atoms with Gasteiger partial charge in [0.25, 0.3) is 5.91 Å². The van der Waals surface area contributed by atoms with Crippen molar-refractivity contribution < 1.29 is 14.3 Å². The molecule has 3 rings (SSSR count). The Hall–Kier alpha value is -2.86. The van der Waals surface area contributed by atoms with E-state index >= 15 is 0 Å². The van der Waals surface area contributed by atoms with Crippen molar-refractivity contribution in [3.05, 3.63) is 65.2 Å². The highest BCUT2D eigenvalue weighted by Gasteiger charge is 2.23. The lowest BCUT2D eigenvalue weighted by Gasteiger charge is -2.34. The Morgan fingerprint density at radius 2 is 1.75 bits per heavy atom. The number of rotatable bonds is 6. The van der Waals surface area contributed by atoms with Crippen LogP contribution in [0, 0.1) is 6.92 Å². The third kappa shape index (κ3) is 5.33. The molecule has 0 aromatic heterocycles. The average molecular weight is 381 g/mol. The van der Waals surface area contributed by atoms with Crippen LogP contribution in [-0.4, -0.2) is 61.4 Å². The number of aryl methyl sites for hydroxylation is 1. The van der Waals surface area contributed by atoms with Crippen molar-refractivity contribution in [1.29, 1.82) is 0 Å². The Bertz CT molecular complexity index is 812. The Kier molecular flexibility index (Phi) is 6.66. The number of piperazine rings is 1. The molecule has 1 heterocycles. The maximum atomic E-state index is 12.7. The number of amides is 2. The van der Waals surface area contributed by atoms with E-state index in [1.54, 1.807) is 19.2 Å². The first-order valence-electron chi connectivity index (χ1n) is 9.53.